The van der Waals surface area contributed by atoms with Crippen molar-refractivity contribution in [3.8, 4) is 0 Å². The van der Waals surface area contributed by atoms with Crippen LogP contribution in [0.2, 0.25) is 0 Å². The maximum absolute atomic E-state index is 11.5. The maximum atomic E-state index is 11.5. The quantitative estimate of drug-likeness (QED) is 0.475. The van der Waals surface area contributed by atoms with Crippen LogP contribution in [0.1, 0.15) is 18.4 Å². The largest absolute Gasteiger partial charge is 0.481 e. The molecular weight excluding hydrogens is 309 g/mol. The van der Waals surface area contributed by atoms with Gasteiger partial charge >= 0.3 is 11.9 Å². The lowest BCUT2D eigenvalue weighted by atomic mass is 9.99. The summed E-state index contributed by atoms with van der Waals surface area (Å²) in [6, 6.07) is 9.34. The van der Waals surface area contributed by atoms with Crippen LogP contribution in [-0.4, -0.2) is 39.2 Å². The van der Waals surface area contributed by atoms with Gasteiger partial charge in [-0.15, -0.1) is 0 Å². The van der Waals surface area contributed by atoms with Crippen LogP contribution in [0, 0.1) is 5.92 Å². The summed E-state index contributed by atoms with van der Waals surface area (Å²) in [5.41, 5.74) is -0.0261. The first-order chi connectivity index (χ1) is 10.4. The number of carbonyl (C=O) groups is 2. The molecule has 0 saturated heterocycles. The van der Waals surface area contributed by atoms with Gasteiger partial charge < -0.3 is 20.4 Å². The molecule has 3 atom stereocenters. The van der Waals surface area contributed by atoms with Crippen molar-refractivity contribution in [3.05, 3.63) is 35.9 Å². The topological polar surface area (TPSA) is 124 Å². The molecule has 0 aliphatic rings. The van der Waals surface area contributed by atoms with Crippen LogP contribution in [0.3, 0.4) is 0 Å². The molecule has 0 saturated carbocycles. The van der Waals surface area contributed by atoms with Crippen LogP contribution in [-0.2, 0) is 20.7 Å². The van der Waals surface area contributed by atoms with Crippen molar-refractivity contribution < 1.29 is 29.3 Å². The molecule has 0 heterocycles. The number of aliphatic carboxylic acids is 2. The molecule has 0 fully saturated rings. The van der Waals surface area contributed by atoms with E-state index >= 15 is 0 Å². The van der Waals surface area contributed by atoms with Gasteiger partial charge in [0.25, 0.3) is 0 Å². The highest BCUT2D eigenvalue weighted by Gasteiger charge is 2.31. The Kier molecular flexibility index (Phi) is 7.80. The smallest absolute Gasteiger partial charge is 0.307 e. The summed E-state index contributed by atoms with van der Waals surface area (Å²) in [6.45, 7) is 0.484. The van der Waals surface area contributed by atoms with E-state index in [-0.39, 0.29) is 19.4 Å². The van der Waals surface area contributed by atoms with Gasteiger partial charge in [-0.05, 0) is 12.0 Å². The molecule has 7 nitrogen and oxygen atoms in total. The standard InChI is InChI=1S/C14H20NO6P/c16-13(17)7-6-11(14(18)19)12(22(20)21)9-15-8-10-4-2-1-3-5-10/h1-5,11-12,15,22H,6-9H2,(H,16,17)(H,18,19)(H,20,21). The first-order valence-electron chi connectivity index (χ1n) is 6.84. The van der Waals surface area contributed by atoms with Gasteiger partial charge in [0.2, 0.25) is 0 Å². The molecule has 0 aliphatic carbocycles. The monoisotopic (exact) mass is 329 g/mol. The summed E-state index contributed by atoms with van der Waals surface area (Å²) in [6.07, 6.45) is -0.513. The fourth-order valence-electron chi connectivity index (χ4n) is 2.15. The summed E-state index contributed by atoms with van der Waals surface area (Å²) in [5.74, 6) is -3.53. The van der Waals surface area contributed by atoms with E-state index in [0.717, 1.165) is 5.56 Å². The Morgan fingerprint density at radius 1 is 1.18 bits per heavy atom. The molecule has 4 N–H and O–H groups in total. The Balaban J connectivity index is 2.63. The Labute approximate surface area is 128 Å². The second kappa shape index (κ2) is 9.35. The van der Waals surface area contributed by atoms with Crippen molar-refractivity contribution >= 4 is 20.0 Å². The molecule has 122 valence electrons. The zero-order chi connectivity index (χ0) is 16.5. The number of carboxylic acids is 2. The van der Waals surface area contributed by atoms with Crippen LogP contribution < -0.4 is 5.32 Å². The lowest BCUT2D eigenvalue weighted by molar-refractivity contribution is -0.143. The van der Waals surface area contributed by atoms with E-state index < -0.39 is 31.5 Å². The zero-order valence-corrected chi connectivity index (χ0v) is 12.9. The van der Waals surface area contributed by atoms with Crippen LogP contribution >= 0.6 is 8.03 Å². The van der Waals surface area contributed by atoms with Crippen LogP contribution in [0.4, 0.5) is 0 Å². The molecular formula is C14H20NO6P. The Bertz CT molecular complexity index is 521. The minimum Gasteiger partial charge on any atom is -0.481 e. The van der Waals surface area contributed by atoms with E-state index in [9.17, 15) is 19.0 Å². The predicted octanol–water partition coefficient (Wildman–Crippen LogP) is 1.18. The van der Waals surface area contributed by atoms with Gasteiger partial charge in [-0.1, -0.05) is 30.3 Å². The van der Waals surface area contributed by atoms with Gasteiger partial charge in [0.15, 0.2) is 8.03 Å². The fraction of sp³-hybridized carbons (Fsp3) is 0.429. The summed E-state index contributed by atoms with van der Waals surface area (Å²) in [5, 5.41) is 20.8. The summed E-state index contributed by atoms with van der Waals surface area (Å²) in [7, 11) is -3.10. The molecule has 1 aromatic carbocycles. The number of hydrogen-bond acceptors (Lipinski definition) is 4. The second-order valence-electron chi connectivity index (χ2n) is 4.94. The highest BCUT2D eigenvalue weighted by molar-refractivity contribution is 7.39. The molecule has 22 heavy (non-hydrogen) atoms. The third-order valence-corrected chi connectivity index (χ3v) is 4.57. The number of benzene rings is 1. The minimum atomic E-state index is -3.10. The van der Waals surface area contributed by atoms with Gasteiger partial charge in [0.05, 0.1) is 11.6 Å². The van der Waals surface area contributed by atoms with Crippen LogP contribution in [0.5, 0.6) is 0 Å². The van der Waals surface area contributed by atoms with Gasteiger partial charge in [-0.3, -0.25) is 14.2 Å². The SMILES string of the molecule is O=C(O)CCC(C(=O)O)C(CNCc1ccccc1)[PH](=O)O. The number of hydrogen-bond donors (Lipinski definition) is 4. The fourth-order valence-corrected chi connectivity index (χ4v) is 3.12. The van der Waals surface area contributed by atoms with E-state index in [1.807, 2.05) is 30.3 Å². The number of carboxylic acid groups (broad SMARTS) is 2. The van der Waals surface area contributed by atoms with E-state index in [2.05, 4.69) is 5.32 Å². The van der Waals surface area contributed by atoms with Crippen molar-refractivity contribution in [2.75, 3.05) is 6.54 Å². The van der Waals surface area contributed by atoms with E-state index in [1.54, 1.807) is 0 Å². The first-order valence-corrected chi connectivity index (χ1v) is 8.27. The maximum Gasteiger partial charge on any atom is 0.307 e. The zero-order valence-electron chi connectivity index (χ0n) is 11.9. The van der Waals surface area contributed by atoms with Crippen molar-refractivity contribution in [1.82, 2.24) is 5.32 Å². The molecule has 0 amide bonds. The third kappa shape index (κ3) is 6.39. The van der Waals surface area contributed by atoms with Crippen molar-refractivity contribution in [2.45, 2.75) is 25.0 Å². The van der Waals surface area contributed by atoms with E-state index in [1.165, 1.54) is 0 Å². The van der Waals surface area contributed by atoms with E-state index in [0.29, 0.717) is 6.54 Å². The molecule has 1 rings (SSSR count). The molecule has 8 heteroatoms. The number of rotatable bonds is 10. The van der Waals surface area contributed by atoms with Gasteiger partial charge in [0.1, 0.15) is 0 Å². The molecule has 1 aromatic rings. The molecule has 0 aliphatic heterocycles. The normalized spacial score (nSPS) is 15.0. The highest BCUT2D eigenvalue weighted by atomic mass is 31.1. The van der Waals surface area contributed by atoms with Crippen molar-refractivity contribution in [2.24, 2.45) is 5.92 Å². The first kappa shape index (κ1) is 18.4. The molecule has 0 spiro atoms. The van der Waals surface area contributed by atoms with Gasteiger partial charge in [-0.25, -0.2) is 0 Å². The van der Waals surface area contributed by atoms with Crippen LogP contribution in [0.25, 0.3) is 0 Å². The summed E-state index contributed by atoms with van der Waals surface area (Å²) >= 11 is 0. The minimum absolute atomic E-state index is 0.0414. The van der Waals surface area contributed by atoms with Crippen molar-refractivity contribution in [3.63, 3.8) is 0 Å². The lowest BCUT2D eigenvalue weighted by Crippen LogP contribution is -2.35. The molecule has 3 unspecified atom stereocenters. The average molecular weight is 329 g/mol. The molecule has 0 bridgehead atoms. The van der Waals surface area contributed by atoms with Gasteiger partial charge in [-0.2, -0.15) is 0 Å². The predicted molar refractivity (Wildman–Crippen MR) is 81.2 cm³/mol. The molecule has 0 radical (unpaired) electrons. The van der Waals surface area contributed by atoms with Crippen LogP contribution in [0.15, 0.2) is 30.3 Å². The Morgan fingerprint density at radius 2 is 1.82 bits per heavy atom. The summed E-state index contributed by atoms with van der Waals surface area (Å²) in [4.78, 5) is 31.2. The average Bonchev–Trinajstić information content (AvgIpc) is 2.45. The summed E-state index contributed by atoms with van der Waals surface area (Å²) < 4.78 is 11.5. The number of nitrogens with one attached hydrogen (secondary N) is 1. The van der Waals surface area contributed by atoms with Crippen molar-refractivity contribution in [1.29, 1.82) is 0 Å². The second-order valence-corrected chi connectivity index (χ2v) is 6.36. The van der Waals surface area contributed by atoms with E-state index in [4.69, 9.17) is 10.2 Å². The highest BCUT2D eigenvalue weighted by Crippen LogP contribution is 2.31. The van der Waals surface area contributed by atoms with Gasteiger partial charge in [0, 0.05) is 19.5 Å². The lowest BCUT2D eigenvalue weighted by Gasteiger charge is -2.21. The Morgan fingerprint density at radius 3 is 2.32 bits per heavy atom. The molecule has 0 aromatic heterocycles. The Hall–Kier alpha value is -1.69. The third-order valence-electron chi connectivity index (χ3n) is 3.33.